The maximum Gasteiger partial charge on any atom is 0.210 e. The van der Waals surface area contributed by atoms with E-state index in [-0.39, 0.29) is 12.1 Å². The lowest BCUT2D eigenvalue weighted by Gasteiger charge is -2.31. The molecule has 0 spiro atoms. The Hall–Kier alpha value is -2.28. The smallest absolute Gasteiger partial charge is 0.210 e. The Morgan fingerprint density at radius 1 is 0.857 bits per heavy atom. The molecule has 2 rings (SSSR count). The Labute approximate surface area is 212 Å². The van der Waals surface area contributed by atoms with Crippen LogP contribution in [0.1, 0.15) is 59.9 Å². The molecule has 3 unspecified atom stereocenters. The predicted octanol–water partition coefficient (Wildman–Crippen LogP) is 5.59. The molecule has 0 fully saturated rings. The summed E-state index contributed by atoms with van der Waals surface area (Å²) in [6.45, 7) is 15.2. The highest BCUT2D eigenvalue weighted by Gasteiger charge is 2.33. The van der Waals surface area contributed by atoms with Gasteiger partial charge in [0, 0.05) is 20.1 Å². The molecule has 0 aromatic heterocycles. The molecule has 0 N–H and O–H groups in total. The van der Waals surface area contributed by atoms with Crippen LogP contribution in [0.15, 0.2) is 28.2 Å². The summed E-state index contributed by atoms with van der Waals surface area (Å²) in [6.07, 6.45) is 2.57. The molecule has 0 bridgehead atoms. The van der Waals surface area contributed by atoms with E-state index in [1.807, 2.05) is 19.9 Å². The van der Waals surface area contributed by atoms with Crippen molar-refractivity contribution in [2.24, 2.45) is 27.7 Å². The monoisotopic (exact) mass is 490 g/mol. The molecule has 7 nitrogen and oxygen atoms in total. The van der Waals surface area contributed by atoms with Crippen molar-refractivity contribution >= 4 is 11.8 Å². The topological polar surface area (TPSA) is 70.9 Å². The van der Waals surface area contributed by atoms with Crippen LogP contribution in [0.25, 0.3) is 0 Å². The zero-order chi connectivity index (χ0) is 25.8. The number of hydrogen-bond donors (Lipinski definition) is 0. The molecule has 3 atom stereocenters. The highest BCUT2D eigenvalue weighted by Crippen LogP contribution is 2.32. The Morgan fingerprint density at radius 3 is 2.17 bits per heavy atom. The van der Waals surface area contributed by atoms with Gasteiger partial charge in [-0.15, -0.1) is 0 Å². The zero-order valence-electron chi connectivity index (χ0n) is 23.0. The number of methoxy groups -OCH3 is 2. The number of rotatable bonds is 14. The molecule has 1 aromatic carbocycles. The minimum Gasteiger partial charge on any atom is -0.493 e. The molecule has 0 radical (unpaired) electrons. The van der Waals surface area contributed by atoms with Crippen molar-refractivity contribution in [1.29, 1.82) is 0 Å². The summed E-state index contributed by atoms with van der Waals surface area (Å²) in [4.78, 5) is 9.97. The van der Waals surface area contributed by atoms with Gasteiger partial charge in [0.2, 0.25) is 11.8 Å². The normalized spacial score (nSPS) is 18.8. The minimum atomic E-state index is -0.137. The first-order valence-corrected chi connectivity index (χ1v) is 13.0. The van der Waals surface area contributed by atoms with Gasteiger partial charge >= 0.3 is 0 Å². The summed E-state index contributed by atoms with van der Waals surface area (Å²) < 4.78 is 28.6. The van der Waals surface area contributed by atoms with E-state index in [1.54, 1.807) is 14.2 Å². The summed E-state index contributed by atoms with van der Waals surface area (Å²) in [6, 6.07) is 5.98. The molecule has 0 aliphatic carbocycles. The molecule has 1 aromatic rings. The molecular formula is C28H46N2O5. The lowest BCUT2D eigenvalue weighted by molar-refractivity contribution is 0.170. The lowest BCUT2D eigenvalue weighted by atomic mass is 9.83. The first-order valence-electron chi connectivity index (χ1n) is 13.0. The van der Waals surface area contributed by atoms with E-state index in [4.69, 9.17) is 33.7 Å². The quantitative estimate of drug-likeness (QED) is 0.318. The van der Waals surface area contributed by atoms with Crippen molar-refractivity contribution in [3.8, 4) is 11.5 Å². The predicted molar refractivity (Wildman–Crippen MR) is 142 cm³/mol. The molecule has 0 saturated heterocycles. The fourth-order valence-corrected chi connectivity index (χ4v) is 4.23. The molecule has 35 heavy (non-hydrogen) atoms. The number of aliphatic imine (C=N–C) groups is 2. The second-order valence-corrected chi connectivity index (χ2v) is 9.63. The van der Waals surface area contributed by atoms with Crippen molar-refractivity contribution < 1.29 is 23.7 Å². The standard InChI is InChI=1S/C28H46N2O5/c1-9-33-27-23(29-28(34-10-2)26(30-27)20(5)6)18-22(19(3)4)16-21-12-13-24(32-8)25(17-21)35-15-11-14-31-7/h12-13,17,19-20,22-23,26H,9-11,14-16,18H2,1-8H3. The molecular weight excluding hydrogens is 444 g/mol. The third-order valence-electron chi connectivity index (χ3n) is 6.25. The second kappa shape index (κ2) is 15.0. The molecule has 198 valence electrons. The summed E-state index contributed by atoms with van der Waals surface area (Å²) in [5, 5.41) is 0. The van der Waals surface area contributed by atoms with Crippen molar-refractivity contribution in [1.82, 2.24) is 0 Å². The van der Waals surface area contributed by atoms with Gasteiger partial charge in [-0.3, -0.25) is 0 Å². The van der Waals surface area contributed by atoms with Gasteiger partial charge in [-0.05, 0) is 62.1 Å². The number of benzene rings is 1. The third-order valence-corrected chi connectivity index (χ3v) is 6.25. The third kappa shape index (κ3) is 8.71. The summed E-state index contributed by atoms with van der Waals surface area (Å²) in [5.41, 5.74) is 1.21. The van der Waals surface area contributed by atoms with E-state index in [0.29, 0.717) is 44.2 Å². The van der Waals surface area contributed by atoms with Gasteiger partial charge in [0.15, 0.2) is 11.5 Å². The number of ether oxygens (including phenoxy) is 5. The Kier molecular flexibility index (Phi) is 12.4. The van der Waals surface area contributed by atoms with Gasteiger partial charge in [0.25, 0.3) is 0 Å². The average Bonchev–Trinajstić information content (AvgIpc) is 2.83. The number of nitrogens with zero attached hydrogens (tertiary/aromatic N) is 2. The fraction of sp³-hybridized carbons (Fsp3) is 0.714. The molecule has 0 amide bonds. The van der Waals surface area contributed by atoms with Crippen LogP contribution in [-0.2, 0) is 20.6 Å². The van der Waals surface area contributed by atoms with Crippen molar-refractivity contribution in [2.75, 3.05) is 40.6 Å². The molecule has 1 aliphatic heterocycles. The van der Waals surface area contributed by atoms with E-state index >= 15 is 0 Å². The Balaban J connectivity index is 2.23. The summed E-state index contributed by atoms with van der Waals surface area (Å²) >= 11 is 0. The second-order valence-electron chi connectivity index (χ2n) is 9.63. The molecule has 0 saturated carbocycles. The Bertz CT molecular complexity index is 822. The molecule has 1 heterocycles. The van der Waals surface area contributed by atoms with Gasteiger partial charge < -0.3 is 23.7 Å². The van der Waals surface area contributed by atoms with E-state index in [0.717, 1.165) is 42.6 Å². The van der Waals surface area contributed by atoms with Gasteiger partial charge in [0.1, 0.15) is 12.1 Å². The van der Waals surface area contributed by atoms with Crippen LogP contribution >= 0.6 is 0 Å². The fourth-order valence-electron chi connectivity index (χ4n) is 4.23. The maximum absolute atomic E-state index is 6.00. The van der Waals surface area contributed by atoms with E-state index in [1.165, 1.54) is 5.56 Å². The molecule has 7 heteroatoms. The maximum atomic E-state index is 6.00. The van der Waals surface area contributed by atoms with Gasteiger partial charge in [-0.25, -0.2) is 9.98 Å². The van der Waals surface area contributed by atoms with Crippen LogP contribution in [0, 0.1) is 17.8 Å². The highest BCUT2D eigenvalue weighted by molar-refractivity contribution is 5.94. The van der Waals surface area contributed by atoms with Crippen molar-refractivity contribution in [3.05, 3.63) is 23.8 Å². The van der Waals surface area contributed by atoms with Crippen LogP contribution in [0.2, 0.25) is 0 Å². The van der Waals surface area contributed by atoms with E-state index < -0.39 is 0 Å². The van der Waals surface area contributed by atoms with Crippen LogP contribution in [-0.4, -0.2) is 64.5 Å². The van der Waals surface area contributed by atoms with Crippen LogP contribution < -0.4 is 9.47 Å². The van der Waals surface area contributed by atoms with Gasteiger partial charge in [-0.1, -0.05) is 33.8 Å². The van der Waals surface area contributed by atoms with Gasteiger partial charge in [0.05, 0.1) is 26.9 Å². The first kappa shape index (κ1) is 29.0. The summed E-state index contributed by atoms with van der Waals surface area (Å²) in [5.74, 6) is 4.11. The Morgan fingerprint density at radius 2 is 1.57 bits per heavy atom. The van der Waals surface area contributed by atoms with E-state index in [9.17, 15) is 0 Å². The zero-order valence-corrected chi connectivity index (χ0v) is 23.0. The highest BCUT2D eigenvalue weighted by atomic mass is 16.5. The summed E-state index contributed by atoms with van der Waals surface area (Å²) in [7, 11) is 3.37. The largest absolute Gasteiger partial charge is 0.493 e. The van der Waals surface area contributed by atoms with Crippen LogP contribution in [0.3, 0.4) is 0 Å². The van der Waals surface area contributed by atoms with Crippen LogP contribution in [0.5, 0.6) is 11.5 Å². The van der Waals surface area contributed by atoms with Crippen molar-refractivity contribution in [3.63, 3.8) is 0 Å². The van der Waals surface area contributed by atoms with Crippen LogP contribution in [0.4, 0.5) is 0 Å². The number of hydrogen-bond acceptors (Lipinski definition) is 7. The SMILES string of the molecule is CCOC1=NC(C(C)C)C(OCC)=NC1CC(Cc1ccc(OC)c(OCCCOC)c1)C(C)C. The lowest BCUT2D eigenvalue weighted by Crippen LogP contribution is -2.39. The van der Waals surface area contributed by atoms with E-state index in [2.05, 4.69) is 39.8 Å². The first-order chi connectivity index (χ1) is 16.8. The van der Waals surface area contributed by atoms with Gasteiger partial charge in [-0.2, -0.15) is 0 Å². The van der Waals surface area contributed by atoms with Crippen molar-refractivity contribution in [2.45, 2.75) is 72.9 Å². The minimum absolute atomic E-state index is 0.0929. The molecule has 1 aliphatic rings. The average molecular weight is 491 g/mol.